The van der Waals surface area contributed by atoms with E-state index in [4.69, 9.17) is 37.1 Å². The van der Waals surface area contributed by atoms with Crippen LogP contribution in [0, 0.1) is 11.8 Å². The number of fused-ring (bicyclic) bond motifs is 2. The van der Waals surface area contributed by atoms with Crippen molar-refractivity contribution in [1.29, 1.82) is 0 Å². The minimum atomic E-state index is -5.13. The number of nitrogens with two attached hydrogens (primary N) is 2. The number of hydrogen-bond acceptors (Lipinski definition) is 15. The number of aliphatic imine (C=N–C) groups is 1. The van der Waals surface area contributed by atoms with Crippen molar-refractivity contribution in [3.8, 4) is 5.75 Å². The summed E-state index contributed by atoms with van der Waals surface area (Å²) in [7, 11) is -2.40. The van der Waals surface area contributed by atoms with Crippen LogP contribution in [0.2, 0.25) is 5.02 Å². The first-order chi connectivity index (χ1) is 30.8. The molecule has 0 aliphatic carbocycles. The Morgan fingerprint density at radius 1 is 1.05 bits per heavy atom. The first kappa shape index (κ1) is 55.0. The van der Waals surface area contributed by atoms with Crippen LogP contribution in [0.5, 0.6) is 5.75 Å². The summed E-state index contributed by atoms with van der Waals surface area (Å²) in [5.41, 5.74) is 11.4. The van der Waals surface area contributed by atoms with Gasteiger partial charge < -0.3 is 62.2 Å². The molecule has 370 valence electrons. The molecule has 6 amide bonds. The molecular formula is C40H62ClN9O15S. The van der Waals surface area contributed by atoms with Crippen molar-refractivity contribution in [2.24, 2.45) is 28.3 Å². The van der Waals surface area contributed by atoms with E-state index in [1.54, 1.807) is 39.8 Å². The zero-order chi connectivity index (χ0) is 49.8. The lowest BCUT2D eigenvalue weighted by Crippen LogP contribution is -2.66. The van der Waals surface area contributed by atoms with E-state index in [0.717, 1.165) is 9.80 Å². The van der Waals surface area contributed by atoms with Gasteiger partial charge in [0.1, 0.15) is 60.9 Å². The number of carbonyl (C=O) groups is 7. The standard InChI is InChI=1S/C40H62ClN9O15S/c1-8-20(4)30-39(59)65-21(5)31(48-35(55)27(51)18-64-66(60,61)62)36(56)45-24(10-9-15-44-40(42)43)33(53)46-25-12-14-29(52)50(37(25)57)32(19(2)3)38(58)49(6)26(34(54)47-30)17-22-11-13-28(63-7)23(41)16-22/h11,13,16,19-21,24-27,29-32,51-52H,8-10,12,14-15,17-18H2,1-7H3,(H,45,56)(H,46,53)(H,47,54)(H,48,55)(H4,42,43,44)(H,60,61,62)/t20-,21-,24?,25-,26?,27+,29+,30-,31-,32+/m0/s1. The molecule has 26 heteroatoms. The van der Waals surface area contributed by atoms with Crippen LogP contribution >= 0.6 is 11.6 Å². The summed E-state index contributed by atoms with van der Waals surface area (Å²) in [5.74, 6) is -8.49. The van der Waals surface area contributed by atoms with E-state index in [2.05, 4.69) is 30.4 Å². The van der Waals surface area contributed by atoms with Gasteiger partial charge in [0.25, 0.3) is 5.91 Å². The molecule has 11 N–H and O–H groups in total. The molecular weight excluding hydrogens is 914 g/mol. The highest BCUT2D eigenvalue weighted by molar-refractivity contribution is 7.80. The number of nitrogens with one attached hydrogen (secondary N) is 4. The van der Waals surface area contributed by atoms with E-state index in [0.29, 0.717) is 11.3 Å². The summed E-state index contributed by atoms with van der Waals surface area (Å²) in [5, 5.41) is 31.8. The normalized spacial score (nSPS) is 26.1. The zero-order valence-electron chi connectivity index (χ0n) is 37.8. The number of cyclic esters (lactones) is 1. The molecule has 2 aliphatic rings. The predicted molar refractivity (Wildman–Crippen MR) is 235 cm³/mol. The Kier molecular flexibility index (Phi) is 20.4. The van der Waals surface area contributed by atoms with Gasteiger partial charge in [-0.15, -0.1) is 0 Å². The number of nitrogens with zero attached hydrogens (tertiary/aromatic N) is 3. The van der Waals surface area contributed by atoms with Crippen LogP contribution in [0.4, 0.5) is 0 Å². The van der Waals surface area contributed by atoms with Crippen molar-refractivity contribution in [2.75, 3.05) is 27.3 Å². The largest absolute Gasteiger partial charge is 0.495 e. The fourth-order valence-corrected chi connectivity index (χ4v) is 7.92. The number of guanidine groups is 1. The summed E-state index contributed by atoms with van der Waals surface area (Å²) >= 11 is 6.44. The number of halogens is 1. The molecule has 2 heterocycles. The number of piperidine rings is 1. The zero-order valence-corrected chi connectivity index (χ0v) is 39.3. The number of amides is 6. The summed E-state index contributed by atoms with van der Waals surface area (Å²) in [6.45, 7) is 6.41. The minimum Gasteiger partial charge on any atom is -0.495 e. The van der Waals surface area contributed by atoms with Gasteiger partial charge in [0.2, 0.25) is 29.5 Å². The van der Waals surface area contributed by atoms with Gasteiger partial charge in [0.05, 0.1) is 12.1 Å². The van der Waals surface area contributed by atoms with E-state index >= 15 is 0 Å². The van der Waals surface area contributed by atoms with Crippen molar-refractivity contribution in [2.45, 2.75) is 128 Å². The van der Waals surface area contributed by atoms with E-state index in [-0.39, 0.29) is 56.1 Å². The average Bonchev–Trinajstić information content (AvgIpc) is 3.24. The fourth-order valence-electron chi connectivity index (χ4n) is 7.34. The fraction of sp³-hybridized carbons (Fsp3) is 0.650. The number of methoxy groups -OCH3 is 1. The third-order valence-corrected chi connectivity index (χ3v) is 12.0. The maximum Gasteiger partial charge on any atom is 0.397 e. The highest BCUT2D eigenvalue weighted by Crippen LogP contribution is 2.29. The molecule has 2 saturated heterocycles. The second-order valence-electron chi connectivity index (χ2n) is 16.4. The molecule has 2 fully saturated rings. The summed E-state index contributed by atoms with van der Waals surface area (Å²) < 4.78 is 46.4. The molecule has 24 nitrogen and oxygen atoms in total. The number of likely N-dealkylation sites (N-methyl/N-ethyl adjacent to an activating group) is 1. The third-order valence-electron chi connectivity index (χ3n) is 11.2. The number of aliphatic hydroxyl groups is 2. The first-order valence-electron chi connectivity index (χ1n) is 21.2. The van der Waals surface area contributed by atoms with E-state index in [1.165, 1.54) is 27.1 Å². The average molecular weight is 977 g/mol. The van der Waals surface area contributed by atoms with Gasteiger partial charge in [0, 0.05) is 20.0 Å². The molecule has 3 rings (SSSR count). The number of aliphatic hydroxyl groups excluding tert-OH is 2. The van der Waals surface area contributed by atoms with Crippen LogP contribution in [0.1, 0.15) is 72.3 Å². The predicted octanol–water partition coefficient (Wildman–Crippen LogP) is -2.15. The molecule has 10 atom stereocenters. The third kappa shape index (κ3) is 15.1. The van der Waals surface area contributed by atoms with E-state index < -0.39 is 125 Å². The Hall–Kier alpha value is -5.34. The molecule has 0 radical (unpaired) electrons. The Labute approximate surface area is 387 Å². The summed E-state index contributed by atoms with van der Waals surface area (Å²) in [6, 6.07) is -4.46. The van der Waals surface area contributed by atoms with Crippen molar-refractivity contribution < 1.29 is 70.4 Å². The summed E-state index contributed by atoms with van der Waals surface area (Å²) in [4.78, 5) is 105. The number of benzene rings is 1. The Bertz CT molecular complexity index is 2080. The second kappa shape index (κ2) is 24.4. The van der Waals surface area contributed by atoms with E-state index in [9.17, 15) is 52.2 Å². The first-order valence-corrected chi connectivity index (χ1v) is 22.9. The summed E-state index contributed by atoms with van der Waals surface area (Å²) in [6.07, 6.45) is -5.79. The van der Waals surface area contributed by atoms with Gasteiger partial charge in [0.15, 0.2) is 12.1 Å². The minimum absolute atomic E-state index is 0.0284. The smallest absolute Gasteiger partial charge is 0.397 e. The van der Waals surface area contributed by atoms with Crippen LogP contribution in [-0.2, 0) is 59.3 Å². The lowest BCUT2D eigenvalue weighted by molar-refractivity contribution is -0.167. The number of esters is 1. The van der Waals surface area contributed by atoms with Gasteiger partial charge in [-0.3, -0.25) is 38.3 Å². The Morgan fingerprint density at radius 3 is 2.29 bits per heavy atom. The van der Waals surface area contributed by atoms with Crippen molar-refractivity contribution in [3.05, 3.63) is 28.8 Å². The molecule has 1 aromatic carbocycles. The molecule has 2 bridgehead atoms. The number of rotatable bonds is 15. The van der Waals surface area contributed by atoms with Crippen molar-refractivity contribution in [3.63, 3.8) is 0 Å². The van der Waals surface area contributed by atoms with Gasteiger partial charge >= 0.3 is 16.4 Å². The maximum absolute atomic E-state index is 14.8. The van der Waals surface area contributed by atoms with Gasteiger partial charge in [-0.1, -0.05) is 51.8 Å². The van der Waals surface area contributed by atoms with Crippen LogP contribution in [0.25, 0.3) is 0 Å². The van der Waals surface area contributed by atoms with Gasteiger partial charge in [-0.2, -0.15) is 8.42 Å². The topological polar surface area (TPSA) is 361 Å². The molecule has 0 saturated carbocycles. The van der Waals surface area contributed by atoms with E-state index in [1.807, 2.05) is 0 Å². The number of ether oxygens (including phenoxy) is 2. The lowest BCUT2D eigenvalue weighted by atomic mass is 9.93. The molecule has 0 aromatic heterocycles. The number of carbonyl (C=O) groups excluding carboxylic acids is 7. The van der Waals surface area contributed by atoms with Crippen molar-refractivity contribution in [1.82, 2.24) is 31.1 Å². The monoisotopic (exact) mass is 975 g/mol. The molecule has 0 spiro atoms. The van der Waals surface area contributed by atoms with Crippen molar-refractivity contribution >= 4 is 69.4 Å². The molecule has 1 aromatic rings. The maximum atomic E-state index is 14.8. The quantitative estimate of drug-likeness (QED) is 0.0297. The molecule has 2 unspecified atom stereocenters. The van der Waals surface area contributed by atoms with Crippen LogP contribution < -0.4 is 37.5 Å². The Morgan fingerprint density at radius 2 is 1.71 bits per heavy atom. The highest BCUT2D eigenvalue weighted by Gasteiger charge is 2.46. The SMILES string of the molecule is CC[C@H](C)[C@@H]1NC(=O)C(Cc2ccc(OC)c(Cl)c2)N(C)C(=O)[C@@H](C(C)C)N2C(=O)[C@H](CC[C@H]2O)NC(=O)C(CCCN=C(N)N)NC(=O)[C@@H](NC(=O)[C@H](O)COS(=O)(=O)O)[C@H](C)OC1=O. The van der Waals surface area contributed by atoms with Crippen LogP contribution in [-0.4, -0.2) is 162 Å². The van der Waals surface area contributed by atoms with Gasteiger partial charge in [-0.05, 0) is 62.1 Å². The lowest BCUT2D eigenvalue weighted by Gasteiger charge is -2.44. The second-order valence-corrected chi connectivity index (χ2v) is 17.9. The van der Waals surface area contributed by atoms with Crippen LogP contribution in [0.15, 0.2) is 23.2 Å². The molecule has 2 aliphatic heterocycles. The molecule has 66 heavy (non-hydrogen) atoms. The van der Waals surface area contributed by atoms with Gasteiger partial charge in [-0.25, -0.2) is 8.98 Å². The Balaban J connectivity index is 2.25. The number of hydrogen-bond donors (Lipinski definition) is 9. The van der Waals surface area contributed by atoms with Crippen LogP contribution in [0.3, 0.4) is 0 Å². The highest BCUT2D eigenvalue weighted by atomic mass is 35.5.